The first-order valence-electron chi connectivity index (χ1n) is 5.34. The molecule has 0 aliphatic rings. The number of aromatic nitrogens is 2. The number of carboxylic acid groups (broad SMARTS) is 1. The molecular formula is C12H10F2N2O3. The molecule has 0 amide bonds. The summed E-state index contributed by atoms with van der Waals surface area (Å²) in [4.78, 5) is 14.5. The molecule has 100 valence electrons. The van der Waals surface area contributed by atoms with Crippen LogP contribution < -0.4 is 4.74 Å². The van der Waals surface area contributed by atoms with Gasteiger partial charge in [0.2, 0.25) is 0 Å². The number of ether oxygens (including phenoxy) is 1. The van der Waals surface area contributed by atoms with Crippen LogP contribution in [-0.2, 0) is 6.61 Å². The summed E-state index contributed by atoms with van der Waals surface area (Å²) in [6.45, 7) is -2.85. The Morgan fingerprint density at radius 2 is 2.26 bits per heavy atom. The molecule has 0 aliphatic carbocycles. The fourth-order valence-corrected chi connectivity index (χ4v) is 1.50. The maximum atomic E-state index is 12.5. The van der Waals surface area contributed by atoms with Crippen LogP contribution in [0.25, 0.3) is 0 Å². The van der Waals surface area contributed by atoms with Crippen molar-refractivity contribution in [1.29, 1.82) is 0 Å². The van der Waals surface area contributed by atoms with E-state index in [4.69, 9.17) is 9.84 Å². The zero-order chi connectivity index (χ0) is 13.8. The van der Waals surface area contributed by atoms with Gasteiger partial charge >= 0.3 is 12.5 Å². The maximum Gasteiger partial charge on any atom is 0.335 e. The van der Waals surface area contributed by atoms with Crippen molar-refractivity contribution in [2.75, 3.05) is 0 Å². The largest absolute Gasteiger partial charge is 0.486 e. The summed E-state index contributed by atoms with van der Waals surface area (Å²) in [5.41, 5.74) is 0.0645. The Labute approximate surface area is 107 Å². The summed E-state index contributed by atoms with van der Waals surface area (Å²) in [5, 5.41) is 8.81. The third kappa shape index (κ3) is 3.06. The molecule has 5 nitrogen and oxygen atoms in total. The van der Waals surface area contributed by atoms with Gasteiger partial charge in [-0.1, -0.05) is 6.07 Å². The zero-order valence-corrected chi connectivity index (χ0v) is 9.66. The molecule has 1 aromatic heterocycles. The highest BCUT2D eigenvalue weighted by molar-refractivity contribution is 5.87. The summed E-state index contributed by atoms with van der Waals surface area (Å²) in [6.07, 6.45) is 2.40. The highest BCUT2D eigenvalue weighted by Gasteiger charge is 2.12. The van der Waals surface area contributed by atoms with Crippen molar-refractivity contribution >= 4 is 5.97 Å². The van der Waals surface area contributed by atoms with Crippen LogP contribution in [0, 0.1) is 0 Å². The van der Waals surface area contributed by atoms with Crippen molar-refractivity contribution < 1.29 is 23.4 Å². The lowest BCUT2D eigenvalue weighted by molar-refractivity contribution is 0.0632. The fraction of sp³-hybridized carbons (Fsp3) is 0.167. The molecule has 0 fully saturated rings. The first kappa shape index (κ1) is 13.0. The molecule has 0 aliphatic heterocycles. The van der Waals surface area contributed by atoms with Crippen LogP contribution in [0.5, 0.6) is 5.75 Å². The quantitative estimate of drug-likeness (QED) is 0.905. The lowest BCUT2D eigenvalue weighted by Crippen LogP contribution is -2.07. The van der Waals surface area contributed by atoms with Gasteiger partial charge in [0.15, 0.2) is 5.82 Å². The second-order valence-electron chi connectivity index (χ2n) is 3.65. The van der Waals surface area contributed by atoms with E-state index in [1.54, 1.807) is 6.07 Å². The van der Waals surface area contributed by atoms with Crippen LogP contribution in [0.2, 0.25) is 0 Å². The topological polar surface area (TPSA) is 64.3 Å². The summed E-state index contributed by atoms with van der Waals surface area (Å²) in [5.74, 6) is -0.737. The van der Waals surface area contributed by atoms with Gasteiger partial charge in [-0.25, -0.2) is 9.78 Å². The number of carbonyl (C=O) groups is 1. The molecule has 1 aromatic carbocycles. The van der Waals surface area contributed by atoms with E-state index in [1.807, 2.05) is 0 Å². The number of halogens is 2. The second-order valence-corrected chi connectivity index (χ2v) is 3.65. The summed E-state index contributed by atoms with van der Waals surface area (Å²) < 4.78 is 31.0. The van der Waals surface area contributed by atoms with E-state index in [0.29, 0.717) is 4.57 Å². The van der Waals surface area contributed by atoms with Crippen molar-refractivity contribution in [2.24, 2.45) is 0 Å². The molecule has 2 aromatic rings. The average Bonchev–Trinajstić information content (AvgIpc) is 2.85. The van der Waals surface area contributed by atoms with E-state index in [0.717, 1.165) is 6.20 Å². The lowest BCUT2D eigenvalue weighted by atomic mass is 10.2. The molecule has 0 spiro atoms. The highest BCUT2D eigenvalue weighted by Crippen LogP contribution is 2.17. The molecule has 0 radical (unpaired) electrons. The highest BCUT2D eigenvalue weighted by atomic mass is 19.3. The number of hydrogen-bond acceptors (Lipinski definition) is 3. The Bertz CT molecular complexity index is 584. The van der Waals surface area contributed by atoms with E-state index in [2.05, 4.69) is 4.98 Å². The molecule has 0 unspecified atom stereocenters. The fourth-order valence-electron chi connectivity index (χ4n) is 1.50. The van der Waals surface area contributed by atoms with Crippen molar-refractivity contribution in [1.82, 2.24) is 9.55 Å². The van der Waals surface area contributed by atoms with Crippen molar-refractivity contribution in [3.63, 3.8) is 0 Å². The minimum Gasteiger partial charge on any atom is -0.486 e. The number of aromatic carboxylic acids is 1. The van der Waals surface area contributed by atoms with Gasteiger partial charge < -0.3 is 9.84 Å². The minimum atomic E-state index is -2.69. The molecule has 2 rings (SSSR count). The van der Waals surface area contributed by atoms with Gasteiger partial charge in [-0.2, -0.15) is 8.78 Å². The summed E-state index contributed by atoms with van der Waals surface area (Å²) in [6, 6.07) is 5.79. The Kier molecular flexibility index (Phi) is 3.74. The van der Waals surface area contributed by atoms with Gasteiger partial charge in [0.25, 0.3) is 0 Å². The molecule has 7 heteroatoms. The van der Waals surface area contributed by atoms with Gasteiger partial charge in [-0.05, 0) is 18.2 Å². The minimum absolute atomic E-state index is 0.0645. The van der Waals surface area contributed by atoms with Crippen LogP contribution in [-0.4, -0.2) is 20.6 Å². The van der Waals surface area contributed by atoms with Crippen molar-refractivity contribution in [3.8, 4) is 5.75 Å². The number of nitrogens with zero attached hydrogens (tertiary/aromatic N) is 2. The molecule has 0 bridgehead atoms. The average molecular weight is 268 g/mol. The normalized spacial score (nSPS) is 10.7. The van der Waals surface area contributed by atoms with Crippen LogP contribution in [0.3, 0.4) is 0 Å². The Morgan fingerprint density at radius 1 is 1.47 bits per heavy atom. The number of hydrogen-bond donors (Lipinski definition) is 1. The number of rotatable bonds is 5. The van der Waals surface area contributed by atoms with Crippen LogP contribution >= 0.6 is 0 Å². The van der Waals surface area contributed by atoms with Gasteiger partial charge in [-0.15, -0.1) is 0 Å². The molecule has 1 heterocycles. The first-order valence-corrected chi connectivity index (χ1v) is 5.34. The summed E-state index contributed by atoms with van der Waals surface area (Å²) in [7, 11) is 0. The van der Waals surface area contributed by atoms with E-state index >= 15 is 0 Å². The van der Waals surface area contributed by atoms with Crippen molar-refractivity contribution in [2.45, 2.75) is 13.2 Å². The zero-order valence-electron chi connectivity index (χ0n) is 9.66. The van der Waals surface area contributed by atoms with Crippen LogP contribution in [0.15, 0.2) is 36.7 Å². The Morgan fingerprint density at radius 3 is 2.95 bits per heavy atom. The third-order valence-corrected chi connectivity index (χ3v) is 2.41. The van der Waals surface area contributed by atoms with E-state index in [1.165, 1.54) is 24.4 Å². The Balaban J connectivity index is 2.08. The number of imidazole rings is 1. The Hall–Kier alpha value is -2.44. The predicted molar refractivity (Wildman–Crippen MR) is 61.2 cm³/mol. The lowest BCUT2D eigenvalue weighted by Gasteiger charge is -2.08. The van der Waals surface area contributed by atoms with Gasteiger partial charge in [0.05, 0.1) is 5.56 Å². The molecule has 19 heavy (non-hydrogen) atoms. The van der Waals surface area contributed by atoms with Gasteiger partial charge in [-0.3, -0.25) is 4.57 Å². The standard InChI is InChI=1S/C12H10F2N2O3/c13-12(14)16-5-4-15-10(16)7-19-9-3-1-2-8(6-9)11(17)18/h1-6,12H,7H2,(H,17,18). The van der Waals surface area contributed by atoms with E-state index in [9.17, 15) is 13.6 Å². The third-order valence-electron chi connectivity index (χ3n) is 2.41. The number of carboxylic acids is 1. The van der Waals surface area contributed by atoms with Gasteiger partial charge in [0.1, 0.15) is 12.4 Å². The monoisotopic (exact) mass is 268 g/mol. The number of benzene rings is 1. The molecule has 0 atom stereocenters. The van der Waals surface area contributed by atoms with E-state index < -0.39 is 12.5 Å². The number of alkyl halides is 2. The summed E-state index contributed by atoms with van der Waals surface area (Å²) >= 11 is 0. The van der Waals surface area contributed by atoms with Crippen LogP contribution in [0.1, 0.15) is 22.7 Å². The molecule has 0 saturated carbocycles. The smallest absolute Gasteiger partial charge is 0.335 e. The first-order chi connectivity index (χ1) is 9.08. The maximum absolute atomic E-state index is 12.5. The van der Waals surface area contributed by atoms with E-state index in [-0.39, 0.29) is 23.7 Å². The van der Waals surface area contributed by atoms with Crippen LogP contribution in [0.4, 0.5) is 8.78 Å². The second kappa shape index (κ2) is 5.47. The van der Waals surface area contributed by atoms with Crippen molar-refractivity contribution in [3.05, 3.63) is 48.0 Å². The SMILES string of the molecule is O=C(O)c1cccc(OCc2nccn2C(F)F)c1. The molecular weight excluding hydrogens is 258 g/mol. The molecule has 0 saturated heterocycles. The predicted octanol–water partition coefficient (Wildman–Crippen LogP) is 2.56. The van der Waals surface area contributed by atoms with Gasteiger partial charge in [0, 0.05) is 12.4 Å². The molecule has 1 N–H and O–H groups in total.